The second kappa shape index (κ2) is 15.5. The molecular formula is C32H36BrN3O5. The number of aliphatic imine (C=N–C) groups is 1. The van der Waals surface area contributed by atoms with E-state index in [1.807, 2.05) is 91.0 Å². The molecule has 3 N–H and O–H groups in total. The molecule has 4 rings (SSSR count). The van der Waals surface area contributed by atoms with Crippen molar-refractivity contribution in [2.24, 2.45) is 4.99 Å². The van der Waals surface area contributed by atoms with Crippen LogP contribution < -0.4 is 15.6 Å². The SMILES string of the molecule is COCCCNNC(=O)[C@@]1(C/C=C/c2ccccc2)N=C(c2ccc(OCCCO)cc2)O[C@H]1c1ccc(Br)cc1. The third-order valence-corrected chi connectivity index (χ3v) is 7.12. The minimum absolute atomic E-state index is 0.0737. The molecule has 0 saturated carbocycles. The van der Waals surface area contributed by atoms with Crippen LogP contribution in [-0.2, 0) is 14.3 Å². The molecule has 9 heteroatoms. The maximum absolute atomic E-state index is 14.0. The zero-order chi connectivity index (χ0) is 28.9. The van der Waals surface area contributed by atoms with Gasteiger partial charge in [0.2, 0.25) is 5.90 Å². The van der Waals surface area contributed by atoms with E-state index in [2.05, 4.69) is 26.8 Å². The molecule has 41 heavy (non-hydrogen) atoms. The van der Waals surface area contributed by atoms with Gasteiger partial charge in [-0.3, -0.25) is 10.2 Å². The van der Waals surface area contributed by atoms with Gasteiger partial charge in [-0.15, -0.1) is 0 Å². The number of halogens is 1. The Balaban J connectivity index is 1.68. The van der Waals surface area contributed by atoms with E-state index in [-0.39, 0.29) is 12.5 Å². The maximum Gasteiger partial charge on any atom is 0.266 e. The standard InChI is InChI=1S/C32H36BrN3O5/c1-39-22-6-20-34-36-31(38)32(19-5-10-24-8-3-2-4-9-24)29(25-11-15-27(33)16-12-25)41-30(35-32)26-13-17-28(18-14-26)40-23-7-21-37/h2-5,8-18,29,34,37H,6-7,19-23H2,1H3,(H,36,38)/b10-5+/t29-,32-/m0/s1. The summed E-state index contributed by atoms with van der Waals surface area (Å²) in [6, 6.07) is 25.1. The van der Waals surface area contributed by atoms with Crippen molar-refractivity contribution in [1.82, 2.24) is 10.9 Å². The summed E-state index contributed by atoms with van der Waals surface area (Å²) in [6.45, 7) is 1.63. The third-order valence-electron chi connectivity index (χ3n) is 6.59. The fraction of sp³-hybridized carbons (Fsp3) is 0.312. The summed E-state index contributed by atoms with van der Waals surface area (Å²) >= 11 is 3.51. The molecule has 1 amide bonds. The molecular weight excluding hydrogens is 586 g/mol. The van der Waals surface area contributed by atoms with E-state index < -0.39 is 11.6 Å². The van der Waals surface area contributed by atoms with Crippen molar-refractivity contribution in [3.05, 3.63) is 106 Å². The van der Waals surface area contributed by atoms with Crippen LogP contribution in [0.5, 0.6) is 5.75 Å². The van der Waals surface area contributed by atoms with Gasteiger partial charge in [-0.1, -0.05) is 70.5 Å². The summed E-state index contributed by atoms with van der Waals surface area (Å²) in [4.78, 5) is 19.0. The number of carbonyl (C=O) groups excluding carboxylic acids is 1. The van der Waals surface area contributed by atoms with E-state index in [9.17, 15) is 4.79 Å². The summed E-state index contributed by atoms with van der Waals surface area (Å²) in [5.41, 5.74) is 7.22. The van der Waals surface area contributed by atoms with Gasteiger partial charge in [0, 0.05) is 49.7 Å². The van der Waals surface area contributed by atoms with E-state index in [1.54, 1.807) is 7.11 Å². The lowest BCUT2D eigenvalue weighted by atomic mass is 9.84. The lowest BCUT2D eigenvalue weighted by Gasteiger charge is -2.30. The highest BCUT2D eigenvalue weighted by Gasteiger charge is 2.52. The summed E-state index contributed by atoms with van der Waals surface area (Å²) in [5.74, 6) is 0.766. The fourth-order valence-electron chi connectivity index (χ4n) is 4.45. The Bertz CT molecular complexity index is 1300. The molecule has 3 aromatic carbocycles. The van der Waals surface area contributed by atoms with Gasteiger partial charge in [-0.25, -0.2) is 10.4 Å². The Kier molecular flexibility index (Phi) is 11.5. The Morgan fingerprint density at radius 2 is 1.80 bits per heavy atom. The van der Waals surface area contributed by atoms with Gasteiger partial charge >= 0.3 is 0 Å². The second-order valence-corrected chi connectivity index (χ2v) is 10.5. The second-order valence-electron chi connectivity index (χ2n) is 9.59. The van der Waals surface area contributed by atoms with Crippen LogP contribution in [0.15, 0.2) is 94.4 Å². The van der Waals surface area contributed by atoms with Crippen LogP contribution >= 0.6 is 15.9 Å². The van der Waals surface area contributed by atoms with Gasteiger partial charge in [-0.2, -0.15) is 0 Å². The van der Waals surface area contributed by atoms with E-state index in [0.717, 1.165) is 27.6 Å². The minimum atomic E-state index is -1.28. The molecule has 0 spiro atoms. The topological polar surface area (TPSA) is 101 Å². The van der Waals surface area contributed by atoms with Crippen LogP contribution in [0.3, 0.4) is 0 Å². The highest BCUT2D eigenvalue weighted by Crippen LogP contribution is 2.43. The van der Waals surface area contributed by atoms with Crippen molar-refractivity contribution in [2.75, 3.05) is 33.5 Å². The van der Waals surface area contributed by atoms with Crippen molar-refractivity contribution < 1.29 is 24.1 Å². The van der Waals surface area contributed by atoms with Crippen molar-refractivity contribution in [2.45, 2.75) is 30.9 Å². The molecule has 2 atom stereocenters. The quantitative estimate of drug-likeness (QED) is 0.159. The molecule has 1 aliphatic heterocycles. The molecule has 8 nitrogen and oxygen atoms in total. The van der Waals surface area contributed by atoms with E-state index >= 15 is 0 Å². The number of hydrogen-bond donors (Lipinski definition) is 3. The first-order valence-electron chi connectivity index (χ1n) is 13.7. The van der Waals surface area contributed by atoms with Gasteiger partial charge in [-0.05, 0) is 53.9 Å². The number of aliphatic hydroxyl groups is 1. The summed E-state index contributed by atoms with van der Waals surface area (Å²) < 4.78 is 18.2. The number of methoxy groups -OCH3 is 1. The number of nitrogens with one attached hydrogen (secondary N) is 2. The Morgan fingerprint density at radius 1 is 1.05 bits per heavy atom. The van der Waals surface area contributed by atoms with Crippen molar-refractivity contribution in [3.63, 3.8) is 0 Å². The normalized spacial score (nSPS) is 18.2. The van der Waals surface area contributed by atoms with Gasteiger partial charge < -0.3 is 19.3 Å². The average Bonchev–Trinajstić information content (AvgIpc) is 3.39. The first-order valence-corrected chi connectivity index (χ1v) is 14.4. The summed E-state index contributed by atoms with van der Waals surface area (Å²) in [5, 5.41) is 9.02. The number of hydrazine groups is 1. The highest BCUT2D eigenvalue weighted by atomic mass is 79.9. The predicted molar refractivity (Wildman–Crippen MR) is 164 cm³/mol. The van der Waals surface area contributed by atoms with Gasteiger partial charge in [0.1, 0.15) is 5.75 Å². The van der Waals surface area contributed by atoms with Crippen LogP contribution in [0, 0.1) is 0 Å². The van der Waals surface area contributed by atoms with Crippen molar-refractivity contribution in [1.29, 1.82) is 0 Å². The molecule has 0 aliphatic carbocycles. The van der Waals surface area contributed by atoms with Crippen LogP contribution in [0.4, 0.5) is 0 Å². The predicted octanol–water partition coefficient (Wildman–Crippen LogP) is 5.23. The first kappa shape index (κ1) is 30.5. The zero-order valence-electron chi connectivity index (χ0n) is 23.1. The number of ether oxygens (including phenoxy) is 3. The number of nitrogens with zero attached hydrogens (tertiary/aromatic N) is 1. The monoisotopic (exact) mass is 621 g/mol. The lowest BCUT2D eigenvalue weighted by Crippen LogP contribution is -2.52. The highest BCUT2D eigenvalue weighted by molar-refractivity contribution is 9.10. The number of amides is 1. The largest absolute Gasteiger partial charge is 0.494 e. The molecule has 216 valence electrons. The van der Waals surface area contributed by atoms with Crippen LogP contribution in [0.2, 0.25) is 0 Å². The van der Waals surface area contributed by atoms with Crippen molar-refractivity contribution >= 4 is 33.8 Å². The van der Waals surface area contributed by atoms with Gasteiger partial charge in [0.05, 0.1) is 6.61 Å². The van der Waals surface area contributed by atoms with Crippen LogP contribution in [-0.4, -0.2) is 55.9 Å². The molecule has 0 aromatic heterocycles. The zero-order valence-corrected chi connectivity index (χ0v) is 24.7. The first-order chi connectivity index (χ1) is 20.1. The van der Waals surface area contributed by atoms with Crippen LogP contribution in [0.25, 0.3) is 6.08 Å². The van der Waals surface area contributed by atoms with Crippen molar-refractivity contribution in [3.8, 4) is 5.75 Å². The molecule has 0 saturated heterocycles. The summed E-state index contributed by atoms with van der Waals surface area (Å²) in [6.07, 6.45) is 4.89. The number of carbonyl (C=O) groups is 1. The number of aliphatic hydroxyl groups excluding tert-OH is 1. The Morgan fingerprint density at radius 3 is 2.51 bits per heavy atom. The molecule has 0 unspecified atom stereocenters. The smallest absolute Gasteiger partial charge is 0.266 e. The van der Waals surface area contributed by atoms with Gasteiger partial charge in [0.25, 0.3) is 5.91 Å². The molecule has 0 fully saturated rings. The van der Waals surface area contributed by atoms with Crippen LogP contribution in [0.1, 0.15) is 42.1 Å². The van der Waals surface area contributed by atoms with Gasteiger partial charge in [0.15, 0.2) is 11.6 Å². The number of hydrogen-bond acceptors (Lipinski definition) is 7. The molecule has 1 heterocycles. The molecule has 0 radical (unpaired) electrons. The average molecular weight is 623 g/mol. The number of rotatable bonds is 15. The van der Waals surface area contributed by atoms with E-state index in [4.69, 9.17) is 24.3 Å². The van der Waals surface area contributed by atoms with E-state index in [0.29, 0.717) is 44.2 Å². The lowest BCUT2D eigenvalue weighted by molar-refractivity contribution is -0.129. The molecule has 0 bridgehead atoms. The Hall–Kier alpha value is -3.50. The summed E-state index contributed by atoms with van der Waals surface area (Å²) in [7, 11) is 1.65. The minimum Gasteiger partial charge on any atom is -0.494 e. The molecule has 1 aliphatic rings. The Labute approximate surface area is 249 Å². The molecule has 3 aromatic rings. The fourth-order valence-corrected chi connectivity index (χ4v) is 4.71. The van der Waals surface area contributed by atoms with E-state index in [1.165, 1.54) is 0 Å². The third kappa shape index (κ3) is 8.27. The number of benzene rings is 3. The maximum atomic E-state index is 14.0.